The highest BCUT2D eigenvalue weighted by Crippen LogP contribution is 2.33. The smallest absolute Gasteiger partial charge is 0.370 e. The molecular weight excluding hydrogens is 217 g/mol. The number of nitrogens with one attached hydrogen (secondary N) is 1. The Morgan fingerprint density at radius 2 is 2.06 bits per heavy atom. The SMILES string of the molecule is CCCCCNc1ncccc1C(F)(F)F. The highest BCUT2D eigenvalue weighted by molar-refractivity contribution is 5.45. The van der Waals surface area contributed by atoms with E-state index in [2.05, 4.69) is 10.3 Å². The number of unbranched alkanes of at least 4 members (excludes halogenated alkanes) is 2. The predicted octanol–water partition coefficient (Wildman–Crippen LogP) is 3.70. The first-order valence-electron chi connectivity index (χ1n) is 5.31. The molecule has 1 aromatic heterocycles. The summed E-state index contributed by atoms with van der Waals surface area (Å²) in [6, 6.07) is 2.33. The lowest BCUT2D eigenvalue weighted by Crippen LogP contribution is -2.12. The van der Waals surface area contributed by atoms with Crippen LogP contribution in [-0.4, -0.2) is 11.5 Å². The monoisotopic (exact) mass is 232 g/mol. The largest absolute Gasteiger partial charge is 0.419 e. The molecule has 0 atom stereocenters. The number of hydrogen-bond donors (Lipinski definition) is 1. The Bertz CT molecular complexity index is 323. The zero-order valence-electron chi connectivity index (χ0n) is 9.14. The Kier molecular flexibility index (Phi) is 4.58. The Hall–Kier alpha value is -1.26. The van der Waals surface area contributed by atoms with Crippen LogP contribution >= 0.6 is 0 Å². The second-order valence-corrected chi connectivity index (χ2v) is 3.53. The van der Waals surface area contributed by atoms with Crippen LogP contribution in [0.25, 0.3) is 0 Å². The second-order valence-electron chi connectivity index (χ2n) is 3.53. The number of pyridine rings is 1. The maximum Gasteiger partial charge on any atom is 0.419 e. The molecule has 5 heteroatoms. The van der Waals surface area contributed by atoms with Gasteiger partial charge in [-0.25, -0.2) is 4.98 Å². The van der Waals surface area contributed by atoms with Crippen LogP contribution in [0.2, 0.25) is 0 Å². The highest BCUT2D eigenvalue weighted by atomic mass is 19.4. The van der Waals surface area contributed by atoms with Crippen molar-refractivity contribution in [3.63, 3.8) is 0 Å². The van der Waals surface area contributed by atoms with Crippen molar-refractivity contribution in [1.29, 1.82) is 0 Å². The van der Waals surface area contributed by atoms with Crippen LogP contribution < -0.4 is 5.32 Å². The molecule has 0 aliphatic carbocycles. The third-order valence-corrected chi connectivity index (χ3v) is 2.19. The molecule has 0 aliphatic heterocycles. The van der Waals surface area contributed by atoms with Crippen molar-refractivity contribution in [2.75, 3.05) is 11.9 Å². The number of hydrogen-bond acceptors (Lipinski definition) is 2. The molecule has 0 aliphatic rings. The first-order chi connectivity index (χ1) is 7.55. The van der Waals surface area contributed by atoms with Crippen LogP contribution in [-0.2, 0) is 6.18 Å². The van der Waals surface area contributed by atoms with E-state index in [4.69, 9.17) is 0 Å². The topological polar surface area (TPSA) is 24.9 Å². The zero-order chi connectivity index (χ0) is 12.0. The molecule has 0 saturated heterocycles. The molecule has 0 aromatic carbocycles. The summed E-state index contributed by atoms with van der Waals surface area (Å²) in [6.45, 7) is 2.57. The molecule has 0 saturated carbocycles. The molecule has 0 spiro atoms. The van der Waals surface area contributed by atoms with Gasteiger partial charge < -0.3 is 5.32 Å². The van der Waals surface area contributed by atoms with Crippen LogP contribution in [0.5, 0.6) is 0 Å². The molecule has 0 fully saturated rings. The van der Waals surface area contributed by atoms with Crippen LogP contribution in [0, 0.1) is 0 Å². The molecule has 16 heavy (non-hydrogen) atoms. The summed E-state index contributed by atoms with van der Waals surface area (Å²) in [5.41, 5.74) is -0.702. The predicted molar refractivity (Wildman–Crippen MR) is 57.3 cm³/mol. The number of nitrogens with zero attached hydrogens (tertiary/aromatic N) is 1. The lowest BCUT2D eigenvalue weighted by atomic mass is 10.2. The minimum atomic E-state index is -4.35. The first-order valence-corrected chi connectivity index (χ1v) is 5.31. The molecule has 0 radical (unpaired) electrons. The van der Waals surface area contributed by atoms with E-state index in [1.807, 2.05) is 6.92 Å². The Labute approximate surface area is 92.9 Å². The third-order valence-electron chi connectivity index (χ3n) is 2.19. The van der Waals surface area contributed by atoms with Crippen LogP contribution in [0.15, 0.2) is 18.3 Å². The molecule has 0 unspecified atom stereocenters. The molecule has 1 rings (SSSR count). The summed E-state index contributed by atoms with van der Waals surface area (Å²) in [7, 11) is 0. The molecule has 0 bridgehead atoms. The molecule has 1 heterocycles. The lowest BCUT2D eigenvalue weighted by molar-refractivity contribution is -0.137. The molecule has 90 valence electrons. The maximum absolute atomic E-state index is 12.5. The van der Waals surface area contributed by atoms with E-state index in [1.165, 1.54) is 12.3 Å². The number of anilines is 1. The fourth-order valence-electron chi connectivity index (χ4n) is 1.36. The summed E-state index contributed by atoms with van der Waals surface area (Å²) in [5, 5.41) is 2.72. The van der Waals surface area contributed by atoms with Crippen molar-refractivity contribution in [2.24, 2.45) is 0 Å². The van der Waals surface area contributed by atoms with Crippen molar-refractivity contribution in [1.82, 2.24) is 4.98 Å². The molecule has 0 amide bonds. The van der Waals surface area contributed by atoms with Gasteiger partial charge in [0, 0.05) is 12.7 Å². The minimum absolute atomic E-state index is 0.0777. The minimum Gasteiger partial charge on any atom is -0.370 e. The summed E-state index contributed by atoms with van der Waals surface area (Å²) < 4.78 is 37.6. The summed E-state index contributed by atoms with van der Waals surface area (Å²) >= 11 is 0. The van der Waals surface area contributed by atoms with Gasteiger partial charge in [0.2, 0.25) is 0 Å². The zero-order valence-corrected chi connectivity index (χ0v) is 9.14. The first kappa shape index (κ1) is 12.8. The summed E-state index contributed by atoms with van der Waals surface area (Å²) in [6.07, 6.45) is -0.0969. The van der Waals surface area contributed by atoms with E-state index in [0.717, 1.165) is 25.3 Å². The number of aromatic nitrogens is 1. The Morgan fingerprint density at radius 3 is 2.69 bits per heavy atom. The van der Waals surface area contributed by atoms with Crippen molar-refractivity contribution in [3.8, 4) is 0 Å². The van der Waals surface area contributed by atoms with Crippen molar-refractivity contribution in [2.45, 2.75) is 32.4 Å². The second kappa shape index (κ2) is 5.72. The van der Waals surface area contributed by atoms with E-state index in [0.29, 0.717) is 6.54 Å². The summed E-state index contributed by atoms with van der Waals surface area (Å²) in [5.74, 6) is -0.0777. The van der Waals surface area contributed by atoms with Gasteiger partial charge in [-0.05, 0) is 18.6 Å². The van der Waals surface area contributed by atoms with E-state index in [9.17, 15) is 13.2 Å². The fraction of sp³-hybridized carbons (Fsp3) is 0.545. The van der Waals surface area contributed by atoms with Gasteiger partial charge >= 0.3 is 6.18 Å². The van der Waals surface area contributed by atoms with Crippen LogP contribution in [0.3, 0.4) is 0 Å². The van der Waals surface area contributed by atoms with Gasteiger partial charge in [-0.1, -0.05) is 19.8 Å². The fourth-order valence-corrected chi connectivity index (χ4v) is 1.36. The van der Waals surface area contributed by atoms with E-state index in [1.54, 1.807) is 0 Å². The quantitative estimate of drug-likeness (QED) is 0.783. The third kappa shape index (κ3) is 3.72. The van der Waals surface area contributed by atoms with Crippen molar-refractivity contribution < 1.29 is 13.2 Å². The number of rotatable bonds is 5. The van der Waals surface area contributed by atoms with Gasteiger partial charge in [0.05, 0.1) is 5.56 Å². The van der Waals surface area contributed by atoms with Crippen LogP contribution in [0.1, 0.15) is 31.7 Å². The maximum atomic E-state index is 12.5. The average molecular weight is 232 g/mol. The van der Waals surface area contributed by atoms with Gasteiger partial charge in [0.15, 0.2) is 0 Å². The molecule has 1 aromatic rings. The van der Waals surface area contributed by atoms with Crippen molar-refractivity contribution >= 4 is 5.82 Å². The van der Waals surface area contributed by atoms with E-state index in [-0.39, 0.29) is 5.82 Å². The van der Waals surface area contributed by atoms with E-state index < -0.39 is 11.7 Å². The van der Waals surface area contributed by atoms with Gasteiger partial charge in [-0.2, -0.15) is 13.2 Å². The molecule has 2 nitrogen and oxygen atoms in total. The number of alkyl halides is 3. The van der Waals surface area contributed by atoms with Crippen LogP contribution in [0.4, 0.5) is 19.0 Å². The average Bonchev–Trinajstić information content (AvgIpc) is 2.24. The lowest BCUT2D eigenvalue weighted by Gasteiger charge is -2.12. The highest BCUT2D eigenvalue weighted by Gasteiger charge is 2.33. The standard InChI is InChI=1S/C11H15F3N2/c1-2-3-4-7-15-10-9(11(12,13)14)6-5-8-16-10/h5-6,8H,2-4,7H2,1H3,(H,15,16). The van der Waals surface area contributed by atoms with E-state index >= 15 is 0 Å². The van der Waals surface area contributed by atoms with Gasteiger partial charge in [0.25, 0.3) is 0 Å². The normalized spacial score (nSPS) is 11.5. The van der Waals surface area contributed by atoms with Gasteiger partial charge in [0.1, 0.15) is 5.82 Å². The van der Waals surface area contributed by atoms with Crippen molar-refractivity contribution in [3.05, 3.63) is 23.9 Å². The Balaban J connectivity index is 2.65. The number of halogens is 3. The molecular formula is C11H15F3N2. The summed E-state index contributed by atoms with van der Waals surface area (Å²) in [4.78, 5) is 3.71. The Morgan fingerprint density at radius 1 is 1.31 bits per heavy atom. The van der Waals surface area contributed by atoms with Gasteiger partial charge in [-0.15, -0.1) is 0 Å². The molecule has 1 N–H and O–H groups in total. The van der Waals surface area contributed by atoms with Gasteiger partial charge in [-0.3, -0.25) is 0 Å².